The summed E-state index contributed by atoms with van der Waals surface area (Å²) in [5, 5.41) is 2.72. The molecule has 0 spiro atoms. The van der Waals surface area contributed by atoms with Gasteiger partial charge in [0.25, 0.3) is 5.91 Å². The molecule has 3 N–H and O–H groups in total. The van der Waals surface area contributed by atoms with E-state index in [-0.39, 0.29) is 12.5 Å². The first kappa shape index (κ1) is 15.7. The van der Waals surface area contributed by atoms with E-state index in [4.69, 9.17) is 15.2 Å². The van der Waals surface area contributed by atoms with Gasteiger partial charge in [-0.15, -0.1) is 0 Å². The average Bonchev–Trinajstić information content (AvgIpc) is 2.48. The Kier molecular flexibility index (Phi) is 5.25. The molecule has 0 saturated heterocycles. The monoisotopic (exact) mass is 300 g/mol. The molecule has 0 aliphatic heterocycles. The second-order valence-electron chi connectivity index (χ2n) is 4.84. The predicted octanol–water partition coefficient (Wildman–Crippen LogP) is 2.99. The van der Waals surface area contributed by atoms with E-state index in [0.29, 0.717) is 29.5 Å². The van der Waals surface area contributed by atoms with Crippen LogP contribution in [-0.4, -0.2) is 19.1 Å². The summed E-state index contributed by atoms with van der Waals surface area (Å²) in [6, 6.07) is 12.7. The van der Waals surface area contributed by atoms with Crippen LogP contribution in [0.25, 0.3) is 0 Å². The van der Waals surface area contributed by atoms with Gasteiger partial charge in [0, 0.05) is 6.07 Å². The number of nitrogens with two attached hydrogens (primary N) is 1. The average molecular weight is 300 g/mol. The quantitative estimate of drug-likeness (QED) is 0.804. The van der Waals surface area contributed by atoms with Gasteiger partial charge in [-0.2, -0.15) is 0 Å². The molecule has 22 heavy (non-hydrogen) atoms. The van der Waals surface area contributed by atoms with Crippen molar-refractivity contribution in [2.45, 2.75) is 13.8 Å². The summed E-state index contributed by atoms with van der Waals surface area (Å²) in [6.07, 6.45) is 0. The van der Waals surface area contributed by atoms with Gasteiger partial charge < -0.3 is 20.5 Å². The highest BCUT2D eigenvalue weighted by Gasteiger charge is 2.07. The molecular formula is C17H20N2O3. The fourth-order valence-electron chi connectivity index (χ4n) is 1.95. The van der Waals surface area contributed by atoms with Crippen LogP contribution >= 0.6 is 0 Å². The van der Waals surface area contributed by atoms with Gasteiger partial charge in [-0.25, -0.2) is 0 Å². The fourth-order valence-corrected chi connectivity index (χ4v) is 1.95. The summed E-state index contributed by atoms with van der Waals surface area (Å²) >= 11 is 0. The smallest absolute Gasteiger partial charge is 0.262 e. The number of carbonyl (C=O) groups excluding carboxylic acids is 1. The van der Waals surface area contributed by atoms with Crippen LogP contribution < -0.4 is 20.5 Å². The Bertz CT molecular complexity index is 656. The van der Waals surface area contributed by atoms with Crippen LogP contribution in [0.5, 0.6) is 11.5 Å². The van der Waals surface area contributed by atoms with Gasteiger partial charge in [-0.05, 0) is 43.7 Å². The number of benzene rings is 2. The van der Waals surface area contributed by atoms with Crippen LogP contribution in [0.15, 0.2) is 42.5 Å². The molecule has 0 saturated carbocycles. The van der Waals surface area contributed by atoms with Crippen molar-refractivity contribution >= 4 is 17.3 Å². The third-order valence-corrected chi connectivity index (χ3v) is 2.97. The standard InChI is InChI=1S/C17H20N2O3/c1-3-21-14-7-8-16(15(18)10-14)19-17(20)11-22-13-6-4-5-12(2)9-13/h4-10H,3,11,18H2,1-2H3,(H,19,20). The molecule has 0 unspecified atom stereocenters. The molecule has 2 aromatic carbocycles. The number of rotatable bonds is 6. The van der Waals surface area contributed by atoms with Crippen LogP contribution in [0, 0.1) is 6.92 Å². The number of anilines is 2. The highest BCUT2D eigenvalue weighted by Crippen LogP contribution is 2.24. The molecule has 0 fully saturated rings. The highest BCUT2D eigenvalue weighted by atomic mass is 16.5. The lowest BCUT2D eigenvalue weighted by atomic mass is 10.2. The fraction of sp³-hybridized carbons (Fsp3) is 0.235. The molecule has 0 atom stereocenters. The normalized spacial score (nSPS) is 10.1. The minimum atomic E-state index is -0.266. The Morgan fingerprint density at radius 1 is 1.14 bits per heavy atom. The Labute approximate surface area is 130 Å². The molecule has 1 amide bonds. The first-order chi connectivity index (χ1) is 10.6. The molecule has 5 heteroatoms. The van der Waals surface area contributed by atoms with Gasteiger partial charge in [0.15, 0.2) is 6.61 Å². The predicted molar refractivity (Wildman–Crippen MR) is 87.3 cm³/mol. The maximum absolute atomic E-state index is 11.9. The number of aryl methyl sites for hydroxylation is 1. The Morgan fingerprint density at radius 3 is 2.59 bits per heavy atom. The molecule has 2 aromatic rings. The minimum absolute atomic E-state index is 0.0733. The lowest BCUT2D eigenvalue weighted by Gasteiger charge is -2.11. The van der Waals surface area contributed by atoms with E-state index in [1.54, 1.807) is 18.2 Å². The number of hydrogen-bond acceptors (Lipinski definition) is 4. The first-order valence-electron chi connectivity index (χ1n) is 7.10. The second-order valence-corrected chi connectivity index (χ2v) is 4.84. The zero-order chi connectivity index (χ0) is 15.9. The molecule has 0 aliphatic carbocycles. The van der Waals surface area contributed by atoms with Gasteiger partial charge in [0.1, 0.15) is 11.5 Å². The number of nitrogens with one attached hydrogen (secondary N) is 1. The molecule has 0 aliphatic rings. The number of ether oxygens (including phenoxy) is 2. The van der Waals surface area contributed by atoms with Crippen LogP contribution in [0.3, 0.4) is 0 Å². The van der Waals surface area contributed by atoms with Crippen LogP contribution in [0.4, 0.5) is 11.4 Å². The van der Waals surface area contributed by atoms with Crippen molar-refractivity contribution in [1.29, 1.82) is 0 Å². The van der Waals surface area contributed by atoms with E-state index in [9.17, 15) is 4.79 Å². The summed E-state index contributed by atoms with van der Waals surface area (Å²) in [7, 11) is 0. The van der Waals surface area contributed by atoms with Crippen LogP contribution in [0.2, 0.25) is 0 Å². The molecule has 116 valence electrons. The summed E-state index contributed by atoms with van der Waals surface area (Å²) < 4.78 is 10.8. The molecule has 0 bridgehead atoms. The molecule has 0 radical (unpaired) electrons. The highest BCUT2D eigenvalue weighted by molar-refractivity contribution is 5.95. The van der Waals surface area contributed by atoms with E-state index in [1.807, 2.05) is 38.1 Å². The zero-order valence-corrected chi connectivity index (χ0v) is 12.8. The minimum Gasteiger partial charge on any atom is -0.494 e. The van der Waals surface area contributed by atoms with E-state index in [0.717, 1.165) is 5.56 Å². The molecule has 5 nitrogen and oxygen atoms in total. The summed E-state index contributed by atoms with van der Waals surface area (Å²) in [6.45, 7) is 4.35. The summed E-state index contributed by atoms with van der Waals surface area (Å²) in [5.41, 5.74) is 7.97. The summed E-state index contributed by atoms with van der Waals surface area (Å²) in [5.74, 6) is 1.07. The van der Waals surface area contributed by atoms with Crippen molar-refractivity contribution in [3.63, 3.8) is 0 Å². The second kappa shape index (κ2) is 7.36. The topological polar surface area (TPSA) is 73.6 Å². The van der Waals surface area contributed by atoms with Crippen LogP contribution in [0.1, 0.15) is 12.5 Å². The largest absolute Gasteiger partial charge is 0.494 e. The van der Waals surface area contributed by atoms with Crippen molar-refractivity contribution in [2.24, 2.45) is 0 Å². The van der Waals surface area contributed by atoms with Crippen molar-refractivity contribution in [3.8, 4) is 11.5 Å². The van der Waals surface area contributed by atoms with E-state index < -0.39 is 0 Å². The lowest BCUT2D eigenvalue weighted by molar-refractivity contribution is -0.118. The maximum atomic E-state index is 11.9. The zero-order valence-electron chi connectivity index (χ0n) is 12.8. The third kappa shape index (κ3) is 4.41. The molecule has 0 aromatic heterocycles. The number of amides is 1. The first-order valence-corrected chi connectivity index (χ1v) is 7.10. The van der Waals surface area contributed by atoms with Crippen LogP contribution in [-0.2, 0) is 4.79 Å². The van der Waals surface area contributed by atoms with E-state index in [1.165, 1.54) is 0 Å². The van der Waals surface area contributed by atoms with Crippen molar-refractivity contribution in [3.05, 3.63) is 48.0 Å². The maximum Gasteiger partial charge on any atom is 0.262 e. The SMILES string of the molecule is CCOc1ccc(NC(=O)COc2cccc(C)c2)c(N)c1. The van der Waals surface area contributed by atoms with Gasteiger partial charge >= 0.3 is 0 Å². The Balaban J connectivity index is 1.91. The Hall–Kier alpha value is -2.69. The van der Waals surface area contributed by atoms with E-state index >= 15 is 0 Å². The van der Waals surface area contributed by atoms with Gasteiger partial charge in [0.2, 0.25) is 0 Å². The van der Waals surface area contributed by atoms with Gasteiger partial charge in [-0.3, -0.25) is 4.79 Å². The Morgan fingerprint density at radius 2 is 1.91 bits per heavy atom. The number of carbonyl (C=O) groups is 1. The van der Waals surface area contributed by atoms with Crippen molar-refractivity contribution in [2.75, 3.05) is 24.3 Å². The number of hydrogen-bond donors (Lipinski definition) is 2. The summed E-state index contributed by atoms with van der Waals surface area (Å²) in [4.78, 5) is 11.9. The number of nitrogen functional groups attached to an aromatic ring is 1. The molecule has 0 heterocycles. The van der Waals surface area contributed by atoms with Crippen molar-refractivity contribution < 1.29 is 14.3 Å². The molecular weight excluding hydrogens is 280 g/mol. The lowest BCUT2D eigenvalue weighted by Crippen LogP contribution is -2.20. The third-order valence-electron chi connectivity index (χ3n) is 2.97. The van der Waals surface area contributed by atoms with Gasteiger partial charge in [0.05, 0.1) is 18.0 Å². The molecule has 2 rings (SSSR count). The van der Waals surface area contributed by atoms with E-state index in [2.05, 4.69) is 5.32 Å². The van der Waals surface area contributed by atoms with Crippen molar-refractivity contribution in [1.82, 2.24) is 0 Å². The van der Waals surface area contributed by atoms with Gasteiger partial charge in [-0.1, -0.05) is 12.1 Å².